The van der Waals surface area contributed by atoms with E-state index in [1.165, 1.54) is 72.1 Å². The van der Waals surface area contributed by atoms with Gasteiger partial charge in [0, 0.05) is 49.2 Å². The zero-order valence-corrected chi connectivity index (χ0v) is 39.2. The maximum atomic E-state index is 14.6. The molecule has 0 aliphatic heterocycles. The van der Waals surface area contributed by atoms with Crippen LogP contribution >= 0.6 is 23.2 Å². The Morgan fingerprint density at radius 1 is 0.600 bits per heavy atom. The Bertz CT molecular complexity index is 3300. The van der Waals surface area contributed by atoms with Crippen LogP contribution < -0.4 is 35.1 Å². The van der Waals surface area contributed by atoms with Crippen LogP contribution in [0.3, 0.4) is 0 Å². The predicted molar refractivity (Wildman–Crippen MR) is 251 cm³/mol. The van der Waals surface area contributed by atoms with Crippen LogP contribution in [0.2, 0.25) is 10.0 Å². The molecular weight excluding hydrogens is 962 g/mol. The monoisotopic (exact) mass is 1000 g/mol. The number of benzene rings is 5. The van der Waals surface area contributed by atoms with Crippen LogP contribution in [0.1, 0.15) is 27.8 Å². The average Bonchev–Trinajstić information content (AvgIpc) is 3.33. The van der Waals surface area contributed by atoms with Crippen LogP contribution in [0.5, 0.6) is 40.8 Å². The fraction of sp³-hybridized carbons (Fsp3) is 0.160. The van der Waals surface area contributed by atoms with Crippen molar-refractivity contribution in [2.45, 2.75) is 33.2 Å². The highest BCUT2D eigenvalue weighted by Gasteiger charge is 2.33. The van der Waals surface area contributed by atoms with E-state index in [9.17, 15) is 31.5 Å². The third-order valence-corrected chi connectivity index (χ3v) is 11.0. The van der Waals surface area contributed by atoms with Gasteiger partial charge in [-0.25, -0.2) is 28.3 Å². The molecule has 0 spiro atoms. The molecule has 3 heterocycles. The largest absolute Gasteiger partial charge is 0.473 e. The van der Waals surface area contributed by atoms with Gasteiger partial charge in [-0.15, -0.1) is 0 Å². The molecule has 0 saturated carbocycles. The molecule has 8 aromatic rings. The lowest BCUT2D eigenvalue weighted by Crippen LogP contribution is -2.22. The number of rotatable bonds is 13. The number of alkyl halides is 3. The summed E-state index contributed by atoms with van der Waals surface area (Å²) in [5.41, 5.74) is 3.25. The molecule has 0 aliphatic rings. The van der Waals surface area contributed by atoms with Crippen molar-refractivity contribution in [3.8, 4) is 63.3 Å². The Labute approximate surface area is 406 Å². The summed E-state index contributed by atoms with van der Waals surface area (Å²) in [7, 11) is 4.60. The molecule has 0 unspecified atom stereocenters. The maximum Gasteiger partial charge on any atom is 0.417 e. The molecule has 360 valence electrons. The summed E-state index contributed by atoms with van der Waals surface area (Å²) >= 11 is 11.6. The van der Waals surface area contributed by atoms with Gasteiger partial charge in [0.05, 0.1) is 29.1 Å². The molecule has 0 saturated heterocycles. The van der Waals surface area contributed by atoms with Gasteiger partial charge in [-0.1, -0.05) is 65.2 Å². The van der Waals surface area contributed by atoms with Crippen LogP contribution in [0, 0.1) is 25.5 Å². The average molecular weight is 1000 g/mol. The SMILES string of the molecule is COc1ncc(-c2cc(OCc3ccc(Oc4ccc(Cl)c(C(F)(F)F)c4)c(F)c3)nc(=O)n2C)cn1.Cc1ccc(-c2cc(OCc3ccc(Oc4ccc(Cl)c(C)c4)c(F)c3)nc(=O)n2C)cc1. The van der Waals surface area contributed by atoms with E-state index in [4.69, 9.17) is 46.9 Å². The lowest BCUT2D eigenvalue weighted by Gasteiger charge is -2.13. The summed E-state index contributed by atoms with van der Waals surface area (Å²) in [6, 6.07) is 27.5. The number of hydrogen-bond donors (Lipinski definition) is 0. The predicted octanol–water partition coefficient (Wildman–Crippen LogP) is 11.7. The van der Waals surface area contributed by atoms with Crippen molar-refractivity contribution in [1.29, 1.82) is 0 Å². The van der Waals surface area contributed by atoms with Gasteiger partial charge in [-0.3, -0.25) is 9.13 Å². The zero-order chi connectivity index (χ0) is 50.3. The molecule has 70 heavy (non-hydrogen) atoms. The van der Waals surface area contributed by atoms with E-state index >= 15 is 0 Å². The van der Waals surface area contributed by atoms with Gasteiger partial charge in [-0.05, 0) is 96.8 Å². The first-order chi connectivity index (χ1) is 33.3. The van der Waals surface area contributed by atoms with Gasteiger partial charge in [0.1, 0.15) is 24.7 Å². The molecule has 8 rings (SSSR count). The molecule has 0 aliphatic carbocycles. The number of methoxy groups -OCH3 is 1. The maximum absolute atomic E-state index is 14.6. The second kappa shape index (κ2) is 21.6. The minimum absolute atomic E-state index is 0.0181. The third kappa shape index (κ3) is 12.4. The van der Waals surface area contributed by atoms with Gasteiger partial charge >= 0.3 is 23.6 Å². The Kier molecular flexibility index (Phi) is 15.5. The van der Waals surface area contributed by atoms with E-state index in [0.717, 1.165) is 28.8 Å². The van der Waals surface area contributed by atoms with Crippen LogP contribution in [0.25, 0.3) is 22.5 Å². The Morgan fingerprint density at radius 3 is 1.56 bits per heavy atom. The Morgan fingerprint density at radius 2 is 1.09 bits per heavy atom. The van der Waals surface area contributed by atoms with E-state index < -0.39 is 39.8 Å². The highest BCUT2D eigenvalue weighted by Crippen LogP contribution is 2.38. The van der Waals surface area contributed by atoms with E-state index in [1.807, 2.05) is 38.1 Å². The Hall–Kier alpha value is -7.83. The van der Waals surface area contributed by atoms with Crippen LogP contribution in [-0.4, -0.2) is 36.2 Å². The van der Waals surface area contributed by atoms with Gasteiger partial charge in [0.15, 0.2) is 23.1 Å². The molecule has 3 aromatic heterocycles. The first-order valence-corrected chi connectivity index (χ1v) is 21.5. The van der Waals surface area contributed by atoms with Gasteiger partial charge in [-0.2, -0.15) is 23.1 Å². The summed E-state index contributed by atoms with van der Waals surface area (Å²) < 4.78 is 98.3. The normalized spacial score (nSPS) is 11.1. The molecule has 0 bridgehead atoms. The fourth-order valence-electron chi connectivity index (χ4n) is 6.48. The smallest absolute Gasteiger partial charge is 0.417 e. The van der Waals surface area contributed by atoms with Crippen LogP contribution in [0.15, 0.2) is 131 Å². The summed E-state index contributed by atoms with van der Waals surface area (Å²) in [5.74, 6) is -1.16. The molecular formula is C50H39Cl2F5N6O7. The molecule has 5 aromatic carbocycles. The van der Waals surface area contributed by atoms with Crippen LogP contribution in [0.4, 0.5) is 22.0 Å². The number of ether oxygens (including phenoxy) is 5. The van der Waals surface area contributed by atoms with Gasteiger partial charge in [0.2, 0.25) is 11.8 Å². The topological polar surface area (TPSA) is 142 Å². The molecule has 0 radical (unpaired) electrons. The Balaban J connectivity index is 0.000000208. The third-order valence-electron chi connectivity index (χ3n) is 10.3. The number of nitrogens with zero attached hydrogens (tertiary/aromatic N) is 6. The quantitative estimate of drug-likeness (QED) is 0.102. The van der Waals surface area contributed by atoms with Crippen molar-refractivity contribution in [3.05, 3.63) is 192 Å². The van der Waals surface area contributed by atoms with Crippen molar-refractivity contribution in [3.63, 3.8) is 0 Å². The van der Waals surface area contributed by atoms with Gasteiger partial charge < -0.3 is 23.7 Å². The zero-order valence-electron chi connectivity index (χ0n) is 37.6. The molecule has 20 heteroatoms. The van der Waals surface area contributed by atoms with Gasteiger partial charge in [0.25, 0.3) is 0 Å². The van der Waals surface area contributed by atoms with Crippen molar-refractivity contribution in [1.82, 2.24) is 29.1 Å². The molecule has 0 N–H and O–H groups in total. The van der Waals surface area contributed by atoms with E-state index in [1.54, 1.807) is 37.4 Å². The number of hydrogen-bond acceptors (Lipinski definition) is 11. The van der Waals surface area contributed by atoms with E-state index in [0.29, 0.717) is 44.9 Å². The first kappa shape index (κ1) is 50.1. The fourth-order valence-corrected chi connectivity index (χ4v) is 6.83. The number of aromatic nitrogens is 6. The standard InChI is InChI=1S/C26H22ClFN2O3.C24H17ClF4N4O4/c1-16-4-7-19(8-5-16)23-14-25(29-26(31)30(23)3)32-15-18-6-11-24(22(28)13-18)33-20-9-10-21(27)17(2)12-20;1-33-19(14-10-30-22(35-2)31-11-14)9-21(32-23(33)34)36-12-13-3-6-20(18(26)7-13)37-15-4-5-17(25)16(8-15)24(27,28)29/h4-14H,15H2,1-3H3;3-11H,12H2,1-2H3. The van der Waals surface area contributed by atoms with Crippen molar-refractivity contribution >= 4 is 23.2 Å². The summed E-state index contributed by atoms with van der Waals surface area (Å²) in [6.45, 7) is 3.73. The summed E-state index contributed by atoms with van der Waals surface area (Å²) in [4.78, 5) is 40.4. The number of aryl methyl sites for hydroxylation is 2. The van der Waals surface area contributed by atoms with Crippen molar-refractivity contribution in [2.75, 3.05) is 7.11 Å². The second-order valence-electron chi connectivity index (χ2n) is 15.3. The second-order valence-corrected chi connectivity index (χ2v) is 16.1. The van der Waals surface area contributed by atoms with Crippen molar-refractivity contribution < 1.29 is 45.6 Å². The molecule has 0 amide bonds. The van der Waals surface area contributed by atoms with E-state index in [2.05, 4.69) is 19.9 Å². The molecule has 0 fully saturated rings. The molecule has 13 nitrogen and oxygen atoms in total. The summed E-state index contributed by atoms with van der Waals surface area (Å²) in [6.07, 6.45) is -1.75. The minimum Gasteiger partial charge on any atom is -0.473 e. The highest BCUT2D eigenvalue weighted by molar-refractivity contribution is 6.31. The molecule has 0 atom stereocenters. The van der Waals surface area contributed by atoms with Crippen LogP contribution in [-0.2, 0) is 33.5 Å². The first-order valence-electron chi connectivity index (χ1n) is 20.8. The minimum atomic E-state index is -4.69. The van der Waals surface area contributed by atoms with Crippen molar-refractivity contribution in [2.24, 2.45) is 14.1 Å². The summed E-state index contributed by atoms with van der Waals surface area (Å²) in [5, 5.41) is 0.116. The lowest BCUT2D eigenvalue weighted by molar-refractivity contribution is -0.137. The lowest BCUT2D eigenvalue weighted by atomic mass is 10.1. The number of halogens is 7. The highest BCUT2D eigenvalue weighted by atomic mass is 35.5. The van der Waals surface area contributed by atoms with E-state index in [-0.39, 0.29) is 48.2 Å².